The van der Waals surface area contributed by atoms with Crippen LogP contribution in [0.5, 0.6) is 0 Å². The van der Waals surface area contributed by atoms with Gasteiger partial charge >= 0.3 is 0 Å². The van der Waals surface area contributed by atoms with E-state index in [1.165, 1.54) is 0 Å². The topological polar surface area (TPSA) is 55.6 Å². The summed E-state index contributed by atoms with van der Waals surface area (Å²) in [5, 5.41) is 0. The summed E-state index contributed by atoms with van der Waals surface area (Å²) in [6.45, 7) is 2.05. The van der Waals surface area contributed by atoms with Gasteiger partial charge in [0.1, 0.15) is 0 Å². The van der Waals surface area contributed by atoms with Crippen molar-refractivity contribution in [3.05, 3.63) is 0 Å². The summed E-state index contributed by atoms with van der Waals surface area (Å²) in [5.41, 5.74) is 5.40. The standard InChI is InChI=1S/C11H22N2O2/c1-15-9-8-13(10-5-6-10)11(14)4-2-3-7-12/h10H,2-9,12H2,1H3. The fraction of sp³-hybridized carbons (Fsp3) is 0.909. The number of methoxy groups -OCH3 is 1. The highest BCUT2D eigenvalue weighted by Gasteiger charge is 2.31. The Morgan fingerprint density at radius 1 is 1.47 bits per heavy atom. The second-order valence-electron chi connectivity index (χ2n) is 4.06. The molecule has 1 aliphatic rings. The zero-order chi connectivity index (χ0) is 11.1. The Bertz CT molecular complexity index is 193. The number of rotatable bonds is 8. The first-order valence-electron chi connectivity index (χ1n) is 5.78. The van der Waals surface area contributed by atoms with E-state index >= 15 is 0 Å². The highest BCUT2D eigenvalue weighted by molar-refractivity contribution is 5.76. The summed E-state index contributed by atoms with van der Waals surface area (Å²) in [6, 6.07) is 0.491. The number of nitrogens with two attached hydrogens (primary N) is 1. The molecule has 88 valence electrons. The van der Waals surface area contributed by atoms with Gasteiger partial charge in [-0.2, -0.15) is 0 Å². The van der Waals surface area contributed by atoms with Crippen LogP contribution in [0.25, 0.3) is 0 Å². The molecule has 1 amide bonds. The van der Waals surface area contributed by atoms with E-state index in [0.717, 1.165) is 32.2 Å². The Morgan fingerprint density at radius 3 is 2.73 bits per heavy atom. The van der Waals surface area contributed by atoms with Gasteiger partial charge in [-0.3, -0.25) is 4.79 Å². The van der Waals surface area contributed by atoms with Crippen LogP contribution >= 0.6 is 0 Å². The first-order valence-corrected chi connectivity index (χ1v) is 5.78. The number of carbonyl (C=O) groups is 1. The largest absolute Gasteiger partial charge is 0.383 e. The molecule has 2 N–H and O–H groups in total. The van der Waals surface area contributed by atoms with E-state index in [1.807, 2.05) is 4.90 Å². The van der Waals surface area contributed by atoms with Gasteiger partial charge in [0, 0.05) is 26.1 Å². The molecule has 0 aromatic carbocycles. The Balaban J connectivity index is 2.24. The molecule has 0 aromatic rings. The van der Waals surface area contributed by atoms with Crippen LogP contribution in [0.15, 0.2) is 0 Å². The van der Waals surface area contributed by atoms with Crippen molar-refractivity contribution in [2.45, 2.75) is 38.1 Å². The van der Waals surface area contributed by atoms with E-state index in [-0.39, 0.29) is 5.91 Å². The number of carbonyl (C=O) groups excluding carboxylic acids is 1. The molecule has 1 fully saturated rings. The summed E-state index contributed by atoms with van der Waals surface area (Å²) in [4.78, 5) is 13.8. The molecule has 15 heavy (non-hydrogen) atoms. The van der Waals surface area contributed by atoms with Crippen molar-refractivity contribution in [2.75, 3.05) is 26.8 Å². The third-order valence-electron chi connectivity index (χ3n) is 2.69. The SMILES string of the molecule is COCCN(C(=O)CCCCN)C1CC1. The molecule has 0 aromatic heterocycles. The van der Waals surface area contributed by atoms with Crippen LogP contribution in [-0.4, -0.2) is 43.7 Å². The average Bonchev–Trinajstić information content (AvgIpc) is 3.03. The Labute approximate surface area is 91.8 Å². The molecule has 0 bridgehead atoms. The van der Waals surface area contributed by atoms with Crippen LogP contribution in [0.4, 0.5) is 0 Å². The van der Waals surface area contributed by atoms with E-state index in [0.29, 0.717) is 25.6 Å². The maximum atomic E-state index is 11.8. The lowest BCUT2D eigenvalue weighted by Gasteiger charge is -2.21. The zero-order valence-corrected chi connectivity index (χ0v) is 9.58. The second-order valence-corrected chi connectivity index (χ2v) is 4.06. The minimum absolute atomic E-state index is 0.267. The van der Waals surface area contributed by atoms with Gasteiger partial charge in [0.05, 0.1) is 6.61 Å². The summed E-state index contributed by atoms with van der Waals surface area (Å²) >= 11 is 0. The molecule has 4 nitrogen and oxygen atoms in total. The molecular formula is C11H22N2O2. The molecule has 0 spiro atoms. The summed E-state index contributed by atoms with van der Waals surface area (Å²) in [5.74, 6) is 0.267. The lowest BCUT2D eigenvalue weighted by atomic mass is 10.2. The quantitative estimate of drug-likeness (QED) is 0.607. The Morgan fingerprint density at radius 2 is 2.20 bits per heavy atom. The Kier molecular flexibility index (Phi) is 5.65. The number of hydrogen-bond donors (Lipinski definition) is 1. The highest BCUT2D eigenvalue weighted by Crippen LogP contribution is 2.27. The summed E-state index contributed by atoms with van der Waals surface area (Å²) in [6.07, 6.45) is 4.80. The van der Waals surface area contributed by atoms with E-state index in [1.54, 1.807) is 7.11 Å². The van der Waals surface area contributed by atoms with Crippen LogP contribution in [0.3, 0.4) is 0 Å². The van der Waals surface area contributed by atoms with Gasteiger partial charge in [-0.1, -0.05) is 0 Å². The monoisotopic (exact) mass is 214 g/mol. The van der Waals surface area contributed by atoms with Crippen molar-refractivity contribution >= 4 is 5.91 Å². The molecule has 1 saturated carbocycles. The maximum absolute atomic E-state index is 11.8. The van der Waals surface area contributed by atoms with Gasteiger partial charge in [0.15, 0.2) is 0 Å². The molecule has 4 heteroatoms. The lowest BCUT2D eigenvalue weighted by molar-refractivity contribution is -0.132. The van der Waals surface area contributed by atoms with Gasteiger partial charge in [0.2, 0.25) is 5.91 Å². The van der Waals surface area contributed by atoms with Crippen LogP contribution in [0.2, 0.25) is 0 Å². The normalized spacial score (nSPS) is 15.3. The molecule has 0 atom stereocenters. The van der Waals surface area contributed by atoms with Crippen LogP contribution in [0, 0.1) is 0 Å². The Hall–Kier alpha value is -0.610. The minimum atomic E-state index is 0.267. The second kappa shape index (κ2) is 6.80. The van der Waals surface area contributed by atoms with Gasteiger partial charge in [-0.15, -0.1) is 0 Å². The molecular weight excluding hydrogens is 192 g/mol. The molecule has 1 aliphatic carbocycles. The van der Waals surface area contributed by atoms with Gasteiger partial charge in [-0.05, 0) is 32.2 Å². The highest BCUT2D eigenvalue weighted by atomic mass is 16.5. The number of ether oxygens (including phenoxy) is 1. The summed E-state index contributed by atoms with van der Waals surface area (Å²) in [7, 11) is 1.67. The molecule has 0 saturated heterocycles. The van der Waals surface area contributed by atoms with Crippen molar-refractivity contribution in [3.63, 3.8) is 0 Å². The van der Waals surface area contributed by atoms with Crippen LogP contribution in [-0.2, 0) is 9.53 Å². The fourth-order valence-corrected chi connectivity index (χ4v) is 1.65. The van der Waals surface area contributed by atoms with E-state index in [9.17, 15) is 4.79 Å². The van der Waals surface area contributed by atoms with Crippen LogP contribution < -0.4 is 5.73 Å². The lowest BCUT2D eigenvalue weighted by Crippen LogP contribution is -2.35. The maximum Gasteiger partial charge on any atom is 0.222 e. The van der Waals surface area contributed by atoms with E-state index < -0.39 is 0 Å². The molecule has 0 heterocycles. The smallest absolute Gasteiger partial charge is 0.222 e. The molecule has 1 rings (SSSR count). The van der Waals surface area contributed by atoms with Crippen molar-refractivity contribution in [1.82, 2.24) is 4.90 Å². The van der Waals surface area contributed by atoms with Gasteiger partial charge < -0.3 is 15.4 Å². The number of hydrogen-bond acceptors (Lipinski definition) is 3. The third-order valence-corrected chi connectivity index (χ3v) is 2.69. The summed E-state index contributed by atoms with van der Waals surface area (Å²) < 4.78 is 5.01. The van der Waals surface area contributed by atoms with Gasteiger partial charge in [-0.25, -0.2) is 0 Å². The number of nitrogens with zero attached hydrogens (tertiary/aromatic N) is 1. The van der Waals surface area contributed by atoms with Crippen LogP contribution in [0.1, 0.15) is 32.1 Å². The first-order chi connectivity index (χ1) is 7.29. The van der Waals surface area contributed by atoms with E-state index in [2.05, 4.69) is 0 Å². The number of amides is 1. The zero-order valence-electron chi connectivity index (χ0n) is 9.58. The predicted molar refractivity (Wildman–Crippen MR) is 59.5 cm³/mol. The molecule has 0 radical (unpaired) electrons. The molecule has 0 aliphatic heterocycles. The average molecular weight is 214 g/mol. The molecule has 0 unspecified atom stereocenters. The fourth-order valence-electron chi connectivity index (χ4n) is 1.65. The predicted octanol–water partition coefficient (Wildman–Crippen LogP) is 0.753. The third kappa shape index (κ3) is 4.62. The number of unbranched alkanes of at least 4 members (excludes halogenated alkanes) is 1. The first kappa shape index (κ1) is 12.5. The van der Waals surface area contributed by atoms with Crippen molar-refractivity contribution < 1.29 is 9.53 Å². The van der Waals surface area contributed by atoms with Crippen molar-refractivity contribution in [1.29, 1.82) is 0 Å². The minimum Gasteiger partial charge on any atom is -0.383 e. The van der Waals surface area contributed by atoms with Gasteiger partial charge in [0.25, 0.3) is 0 Å². The van der Waals surface area contributed by atoms with Crippen molar-refractivity contribution in [2.24, 2.45) is 5.73 Å². The van der Waals surface area contributed by atoms with Crippen molar-refractivity contribution in [3.8, 4) is 0 Å². The van der Waals surface area contributed by atoms with E-state index in [4.69, 9.17) is 10.5 Å².